The van der Waals surface area contributed by atoms with Crippen LogP contribution in [0.3, 0.4) is 0 Å². The largest absolute Gasteiger partial charge is 0.356 e. The van der Waals surface area contributed by atoms with Gasteiger partial charge in [0, 0.05) is 35.8 Å². The minimum absolute atomic E-state index is 0.377. The molecule has 0 atom stereocenters. The van der Waals surface area contributed by atoms with Crippen LogP contribution in [-0.2, 0) is 0 Å². The van der Waals surface area contributed by atoms with Crippen LogP contribution < -0.4 is 4.90 Å². The summed E-state index contributed by atoms with van der Waals surface area (Å²) in [6.07, 6.45) is 10.9. The SMILES string of the molecule is Cc1c(N2CCC(CCC(C)(C)C)CC2)ncc2[nH]c(-c3cc(C)c4ncnn4c3)c(C(C)C)c12. The first-order chi connectivity index (χ1) is 16.6. The smallest absolute Gasteiger partial charge is 0.158 e. The van der Waals surface area contributed by atoms with Crippen LogP contribution in [0.25, 0.3) is 27.8 Å². The van der Waals surface area contributed by atoms with Crippen molar-refractivity contribution in [2.24, 2.45) is 11.3 Å². The van der Waals surface area contributed by atoms with E-state index < -0.39 is 0 Å². The third-order valence-corrected chi connectivity index (χ3v) is 7.74. The normalized spacial score (nSPS) is 15.7. The lowest BCUT2D eigenvalue weighted by molar-refractivity contribution is 0.292. The van der Waals surface area contributed by atoms with Crippen molar-refractivity contribution in [2.75, 3.05) is 18.0 Å². The van der Waals surface area contributed by atoms with Crippen LogP contribution in [0.5, 0.6) is 0 Å². The van der Waals surface area contributed by atoms with Crippen molar-refractivity contribution in [3.05, 3.63) is 41.5 Å². The van der Waals surface area contributed by atoms with E-state index in [2.05, 4.69) is 80.7 Å². The number of hydrogen-bond donors (Lipinski definition) is 1. The number of aryl methyl sites for hydroxylation is 2. The van der Waals surface area contributed by atoms with Crippen LogP contribution >= 0.6 is 0 Å². The highest BCUT2D eigenvalue weighted by molar-refractivity contribution is 5.95. The van der Waals surface area contributed by atoms with Crippen LogP contribution in [0.4, 0.5) is 5.82 Å². The Bertz CT molecular complexity index is 1350. The average Bonchev–Trinajstić information content (AvgIpc) is 3.43. The summed E-state index contributed by atoms with van der Waals surface area (Å²) in [7, 11) is 0. The number of nitrogens with zero attached hydrogens (tertiary/aromatic N) is 5. The number of anilines is 1. The highest BCUT2D eigenvalue weighted by atomic mass is 15.3. The lowest BCUT2D eigenvalue weighted by atomic mass is 9.83. The molecule has 0 spiro atoms. The molecule has 0 radical (unpaired) electrons. The van der Waals surface area contributed by atoms with E-state index in [-0.39, 0.29) is 0 Å². The van der Waals surface area contributed by atoms with E-state index in [9.17, 15) is 0 Å². The van der Waals surface area contributed by atoms with Gasteiger partial charge in [-0.3, -0.25) is 0 Å². The van der Waals surface area contributed by atoms with E-state index in [1.807, 2.05) is 10.7 Å². The number of pyridine rings is 2. The number of H-pyrrole nitrogens is 1. The molecule has 186 valence electrons. The fourth-order valence-corrected chi connectivity index (χ4v) is 5.79. The van der Waals surface area contributed by atoms with Gasteiger partial charge in [0.25, 0.3) is 0 Å². The number of hydrogen-bond acceptors (Lipinski definition) is 4. The Hall–Kier alpha value is -2.89. The molecule has 1 aliphatic heterocycles. The highest BCUT2D eigenvalue weighted by Crippen LogP contribution is 2.40. The third-order valence-electron chi connectivity index (χ3n) is 7.74. The number of nitrogens with one attached hydrogen (secondary N) is 1. The van der Waals surface area contributed by atoms with Crippen molar-refractivity contribution < 1.29 is 0 Å². The molecule has 1 aliphatic rings. The second kappa shape index (κ2) is 8.96. The number of fused-ring (bicyclic) bond motifs is 2. The predicted molar refractivity (Wildman–Crippen MR) is 145 cm³/mol. The zero-order valence-electron chi connectivity index (χ0n) is 22.4. The van der Waals surface area contributed by atoms with E-state index >= 15 is 0 Å². The first kappa shape index (κ1) is 23.8. The van der Waals surface area contributed by atoms with E-state index in [1.165, 1.54) is 47.9 Å². The molecule has 6 heteroatoms. The van der Waals surface area contributed by atoms with Gasteiger partial charge >= 0.3 is 0 Å². The lowest BCUT2D eigenvalue weighted by Gasteiger charge is -2.34. The summed E-state index contributed by atoms with van der Waals surface area (Å²) < 4.78 is 1.88. The lowest BCUT2D eigenvalue weighted by Crippen LogP contribution is -2.35. The second-order valence-corrected chi connectivity index (χ2v) is 12.0. The minimum Gasteiger partial charge on any atom is -0.356 e. The Balaban J connectivity index is 1.49. The first-order valence-corrected chi connectivity index (χ1v) is 13.2. The van der Waals surface area contributed by atoms with E-state index in [0.717, 1.165) is 47.1 Å². The monoisotopic (exact) mass is 472 g/mol. The zero-order chi connectivity index (χ0) is 24.9. The molecule has 0 aromatic carbocycles. The molecule has 4 aromatic heterocycles. The number of aromatic nitrogens is 5. The van der Waals surface area contributed by atoms with E-state index in [4.69, 9.17) is 4.98 Å². The van der Waals surface area contributed by atoms with Crippen LogP contribution in [0.2, 0.25) is 0 Å². The Kier molecular flexibility index (Phi) is 6.10. The molecule has 0 bridgehead atoms. The molecule has 0 unspecified atom stereocenters. The van der Waals surface area contributed by atoms with Crippen molar-refractivity contribution in [1.29, 1.82) is 0 Å². The highest BCUT2D eigenvalue weighted by Gasteiger charge is 2.26. The zero-order valence-corrected chi connectivity index (χ0v) is 22.4. The van der Waals surface area contributed by atoms with Gasteiger partial charge in [-0.05, 0) is 74.0 Å². The van der Waals surface area contributed by atoms with Gasteiger partial charge in [0.1, 0.15) is 12.1 Å². The van der Waals surface area contributed by atoms with Crippen LogP contribution in [-0.4, -0.2) is 37.7 Å². The summed E-state index contributed by atoms with van der Waals surface area (Å²) in [5.41, 5.74) is 8.53. The fourth-order valence-electron chi connectivity index (χ4n) is 5.79. The Labute approximate surface area is 209 Å². The summed E-state index contributed by atoms with van der Waals surface area (Å²) in [6, 6.07) is 2.21. The van der Waals surface area contributed by atoms with Crippen molar-refractivity contribution in [3.8, 4) is 11.3 Å². The molecule has 4 aromatic rings. The maximum atomic E-state index is 4.97. The summed E-state index contributed by atoms with van der Waals surface area (Å²) in [5.74, 6) is 2.37. The summed E-state index contributed by atoms with van der Waals surface area (Å²) in [5, 5.41) is 5.72. The number of rotatable bonds is 5. The average molecular weight is 473 g/mol. The maximum absolute atomic E-state index is 4.97. The van der Waals surface area contributed by atoms with Crippen LogP contribution in [0, 0.1) is 25.2 Å². The molecular weight excluding hydrogens is 432 g/mol. The molecule has 6 nitrogen and oxygen atoms in total. The summed E-state index contributed by atoms with van der Waals surface area (Å²) in [4.78, 5) is 15.6. The second-order valence-electron chi connectivity index (χ2n) is 12.0. The van der Waals surface area contributed by atoms with Gasteiger partial charge in [-0.2, -0.15) is 5.10 Å². The quantitative estimate of drug-likeness (QED) is 0.338. The molecule has 5 heterocycles. The number of aromatic amines is 1. The molecule has 1 N–H and O–H groups in total. The van der Waals surface area contributed by atoms with Crippen molar-refractivity contribution in [1.82, 2.24) is 24.6 Å². The molecule has 1 fully saturated rings. The van der Waals surface area contributed by atoms with Crippen molar-refractivity contribution in [3.63, 3.8) is 0 Å². The molecule has 0 saturated carbocycles. The van der Waals surface area contributed by atoms with Gasteiger partial charge in [-0.15, -0.1) is 0 Å². The standard InChI is InChI=1S/C29H40N6/c1-18(2)24-25-20(4)28(34-12-9-21(10-13-34)8-11-29(5,6)7)30-15-23(25)33-26(24)22-14-19(3)27-31-17-32-35(27)16-22/h14-18,21,33H,8-13H2,1-7H3. The van der Waals surface area contributed by atoms with Crippen LogP contribution in [0.15, 0.2) is 24.8 Å². The molecule has 35 heavy (non-hydrogen) atoms. The van der Waals surface area contributed by atoms with Crippen LogP contribution in [0.1, 0.15) is 82.9 Å². The minimum atomic E-state index is 0.377. The maximum Gasteiger partial charge on any atom is 0.158 e. The fraction of sp³-hybridized carbons (Fsp3) is 0.552. The van der Waals surface area contributed by atoms with Gasteiger partial charge in [0.05, 0.1) is 17.4 Å². The van der Waals surface area contributed by atoms with Gasteiger partial charge in [-0.25, -0.2) is 14.5 Å². The Morgan fingerprint density at radius 1 is 1.11 bits per heavy atom. The van der Waals surface area contributed by atoms with E-state index in [0.29, 0.717) is 11.3 Å². The van der Waals surface area contributed by atoms with Gasteiger partial charge in [-0.1, -0.05) is 34.6 Å². The Morgan fingerprint density at radius 2 is 1.86 bits per heavy atom. The van der Waals surface area contributed by atoms with Crippen molar-refractivity contribution in [2.45, 2.75) is 80.1 Å². The predicted octanol–water partition coefficient (Wildman–Crippen LogP) is 7.06. The summed E-state index contributed by atoms with van der Waals surface area (Å²) in [6.45, 7) is 18.2. The molecule has 5 rings (SSSR count). The molecule has 1 saturated heterocycles. The number of piperidine rings is 1. The first-order valence-electron chi connectivity index (χ1n) is 13.2. The third kappa shape index (κ3) is 4.55. The topological polar surface area (TPSA) is 62.1 Å². The Morgan fingerprint density at radius 3 is 2.54 bits per heavy atom. The molecule has 0 amide bonds. The molecular formula is C29H40N6. The van der Waals surface area contributed by atoms with Gasteiger partial charge in [0.2, 0.25) is 0 Å². The van der Waals surface area contributed by atoms with Gasteiger partial charge in [0.15, 0.2) is 5.65 Å². The molecule has 0 aliphatic carbocycles. The van der Waals surface area contributed by atoms with E-state index in [1.54, 1.807) is 6.33 Å². The summed E-state index contributed by atoms with van der Waals surface area (Å²) >= 11 is 0. The van der Waals surface area contributed by atoms with Gasteiger partial charge < -0.3 is 9.88 Å². The van der Waals surface area contributed by atoms with Crippen molar-refractivity contribution >= 4 is 22.4 Å².